The molecular weight excluding hydrogens is 212 g/mol. The average Bonchev–Trinajstić information content (AvgIpc) is 2.39. The Bertz CT molecular complexity index is 342. The van der Waals surface area contributed by atoms with Crippen LogP contribution < -0.4 is 10.1 Å². The number of hydrogen-bond donors (Lipinski definition) is 1. The largest absolute Gasteiger partial charge is 0.490 e. The summed E-state index contributed by atoms with van der Waals surface area (Å²) in [6.07, 6.45) is 1.76. The van der Waals surface area contributed by atoms with Crippen molar-refractivity contribution in [1.29, 1.82) is 0 Å². The molecule has 0 aromatic heterocycles. The summed E-state index contributed by atoms with van der Waals surface area (Å²) in [6, 6.07) is 8.34. The smallest absolute Gasteiger partial charge is 0.119 e. The van der Waals surface area contributed by atoms with Crippen molar-refractivity contribution in [2.45, 2.75) is 6.54 Å². The second-order valence-electron chi connectivity index (χ2n) is 4.27. The summed E-state index contributed by atoms with van der Waals surface area (Å²) in [6.45, 7) is 9.69. The van der Waals surface area contributed by atoms with Crippen LogP contribution in [0.5, 0.6) is 5.75 Å². The lowest BCUT2D eigenvalue weighted by atomic mass is 10.2. The van der Waals surface area contributed by atoms with Crippen LogP contribution in [0.15, 0.2) is 36.9 Å². The number of nitrogens with one attached hydrogen (secondary N) is 1. The molecule has 0 atom stereocenters. The van der Waals surface area contributed by atoms with Gasteiger partial charge in [-0.15, -0.1) is 0 Å². The fourth-order valence-corrected chi connectivity index (χ4v) is 1.97. The Morgan fingerprint density at radius 2 is 1.94 bits per heavy atom. The molecule has 0 unspecified atom stereocenters. The number of benzene rings is 1. The van der Waals surface area contributed by atoms with Crippen LogP contribution in [0.1, 0.15) is 5.56 Å². The van der Waals surface area contributed by atoms with E-state index in [1.807, 2.05) is 12.1 Å². The van der Waals surface area contributed by atoms with E-state index in [9.17, 15) is 0 Å². The zero-order valence-electron chi connectivity index (χ0n) is 10.2. The van der Waals surface area contributed by atoms with Crippen LogP contribution in [-0.4, -0.2) is 37.7 Å². The van der Waals surface area contributed by atoms with Gasteiger partial charge in [0, 0.05) is 32.7 Å². The van der Waals surface area contributed by atoms with Crippen molar-refractivity contribution in [2.24, 2.45) is 0 Å². The molecule has 0 saturated carbocycles. The van der Waals surface area contributed by atoms with Crippen LogP contribution in [0, 0.1) is 0 Å². The van der Waals surface area contributed by atoms with Crippen LogP contribution >= 0.6 is 0 Å². The number of rotatable bonds is 5. The summed E-state index contributed by atoms with van der Waals surface area (Å²) in [7, 11) is 0. The van der Waals surface area contributed by atoms with Crippen LogP contribution in [-0.2, 0) is 6.54 Å². The molecule has 2 rings (SSSR count). The Morgan fingerprint density at radius 3 is 2.59 bits per heavy atom. The quantitative estimate of drug-likeness (QED) is 0.781. The van der Waals surface area contributed by atoms with Gasteiger partial charge in [0.25, 0.3) is 0 Å². The van der Waals surface area contributed by atoms with Crippen molar-refractivity contribution in [3.05, 3.63) is 42.5 Å². The van der Waals surface area contributed by atoms with Gasteiger partial charge >= 0.3 is 0 Å². The predicted octanol–water partition coefficient (Wildman–Crippen LogP) is 1.66. The van der Waals surface area contributed by atoms with E-state index in [1.54, 1.807) is 6.08 Å². The van der Waals surface area contributed by atoms with Gasteiger partial charge in [-0.25, -0.2) is 0 Å². The molecule has 1 heterocycles. The Morgan fingerprint density at radius 1 is 1.24 bits per heavy atom. The minimum atomic E-state index is 0.567. The standard InChI is InChI=1S/C14H20N2O/c1-2-11-17-14-5-3-13(4-6-14)12-16-9-7-15-8-10-16/h2-6,15H,1,7-12H2. The highest BCUT2D eigenvalue weighted by atomic mass is 16.5. The fraction of sp³-hybridized carbons (Fsp3) is 0.429. The average molecular weight is 232 g/mol. The molecular formula is C14H20N2O. The molecule has 0 aliphatic carbocycles. The first-order valence-electron chi connectivity index (χ1n) is 6.14. The lowest BCUT2D eigenvalue weighted by Gasteiger charge is -2.27. The molecule has 3 heteroatoms. The number of hydrogen-bond acceptors (Lipinski definition) is 3. The molecule has 1 aliphatic rings. The third-order valence-corrected chi connectivity index (χ3v) is 2.91. The molecule has 17 heavy (non-hydrogen) atoms. The summed E-state index contributed by atoms with van der Waals surface area (Å²) in [5.41, 5.74) is 1.35. The van der Waals surface area contributed by atoms with Crippen molar-refractivity contribution in [3.8, 4) is 5.75 Å². The maximum atomic E-state index is 5.46. The third kappa shape index (κ3) is 3.88. The Hall–Kier alpha value is -1.32. The molecule has 1 saturated heterocycles. The van der Waals surface area contributed by atoms with E-state index < -0.39 is 0 Å². The normalized spacial score (nSPS) is 16.7. The minimum Gasteiger partial charge on any atom is -0.490 e. The number of ether oxygens (including phenoxy) is 1. The minimum absolute atomic E-state index is 0.567. The van der Waals surface area contributed by atoms with Gasteiger partial charge in [-0.2, -0.15) is 0 Å². The molecule has 1 N–H and O–H groups in total. The summed E-state index contributed by atoms with van der Waals surface area (Å²) >= 11 is 0. The summed E-state index contributed by atoms with van der Waals surface area (Å²) < 4.78 is 5.46. The molecule has 0 bridgehead atoms. The number of nitrogens with zero attached hydrogens (tertiary/aromatic N) is 1. The second-order valence-corrected chi connectivity index (χ2v) is 4.27. The highest BCUT2D eigenvalue weighted by Gasteiger charge is 2.09. The molecule has 1 fully saturated rings. The lowest BCUT2D eigenvalue weighted by Crippen LogP contribution is -2.42. The van der Waals surface area contributed by atoms with Crippen LogP contribution in [0.4, 0.5) is 0 Å². The van der Waals surface area contributed by atoms with Crippen molar-refractivity contribution >= 4 is 0 Å². The van der Waals surface area contributed by atoms with Crippen molar-refractivity contribution < 1.29 is 4.74 Å². The van der Waals surface area contributed by atoms with Gasteiger partial charge in [-0.3, -0.25) is 4.90 Å². The molecule has 1 aromatic carbocycles. The van der Waals surface area contributed by atoms with E-state index in [2.05, 4.69) is 28.9 Å². The van der Waals surface area contributed by atoms with Gasteiger partial charge in [0.2, 0.25) is 0 Å². The van der Waals surface area contributed by atoms with Gasteiger partial charge in [-0.1, -0.05) is 24.8 Å². The fourth-order valence-electron chi connectivity index (χ4n) is 1.97. The van der Waals surface area contributed by atoms with E-state index in [-0.39, 0.29) is 0 Å². The molecule has 0 radical (unpaired) electrons. The molecule has 0 amide bonds. The van der Waals surface area contributed by atoms with E-state index in [4.69, 9.17) is 4.74 Å². The van der Waals surface area contributed by atoms with Crippen LogP contribution in [0.25, 0.3) is 0 Å². The third-order valence-electron chi connectivity index (χ3n) is 2.91. The molecule has 3 nitrogen and oxygen atoms in total. The SMILES string of the molecule is C=CCOc1ccc(CN2CCNCC2)cc1. The highest BCUT2D eigenvalue weighted by Crippen LogP contribution is 2.13. The highest BCUT2D eigenvalue weighted by molar-refractivity contribution is 5.27. The van der Waals surface area contributed by atoms with Crippen LogP contribution in [0.3, 0.4) is 0 Å². The van der Waals surface area contributed by atoms with Gasteiger partial charge in [0.05, 0.1) is 0 Å². The number of piperazine rings is 1. The summed E-state index contributed by atoms with van der Waals surface area (Å²) in [5.74, 6) is 0.911. The van der Waals surface area contributed by atoms with Crippen molar-refractivity contribution in [2.75, 3.05) is 32.8 Å². The summed E-state index contributed by atoms with van der Waals surface area (Å²) in [4.78, 5) is 2.47. The zero-order chi connectivity index (χ0) is 11.9. The van der Waals surface area contributed by atoms with E-state index in [0.29, 0.717) is 6.61 Å². The molecule has 1 aromatic rings. The molecule has 1 aliphatic heterocycles. The first-order valence-corrected chi connectivity index (χ1v) is 6.14. The Balaban J connectivity index is 1.86. The predicted molar refractivity (Wildman–Crippen MR) is 70.3 cm³/mol. The van der Waals surface area contributed by atoms with Gasteiger partial charge in [0.1, 0.15) is 12.4 Å². The summed E-state index contributed by atoms with van der Waals surface area (Å²) in [5, 5.41) is 3.36. The Labute approximate surface area is 103 Å². The topological polar surface area (TPSA) is 24.5 Å². The van der Waals surface area contributed by atoms with E-state index in [1.165, 1.54) is 5.56 Å². The molecule has 92 valence electrons. The van der Waals surface area contributed by atoms with Crippen molar-refractivity contribution in [3.63, 3.8) is 0 Å². The zero-order valence-corrected chi connectivity index (χ0v) is 10.2. The maximum Gasteiger partial charge on any atom is 0.119 e. The lowest BCUT2D eigenvalue weighted by molar-refractivity contribution is 0.233. The second kappa shape index (κ2) is 6.42. The monoisotopic (exact) mass is 232 g/mol. The maximum absolute atomic E-state index is 5.46. The first kappa shape index (κ1) is 12.1. The van der Waals surface area contributed by atoms with Gasteiger partial charge in [0.15, 0.2) is 0 Å². The van der Waals surface area contributed by atoms with E-state index >= 15 is 0 Å². The van der Waals surface area contributed by atoms with Crippen LogP contribution in [0.2, 0.25) is 0 Å². The molecule has 0 spiro atoms. The van der Waals surface area contributed by atoms with Gasteiger partial charge in [-0.05, 0) is 17.7 Å². The van der Waals surface area contributed by atoms with E-state index in [0.717, 1.165) is 38.5 Å². The first-order chi connectivity index (χ1) is 8.38. The van der Waals surface area contributed by atoms with Gasteiger partial charge < -0.3 is 10.1 Å². The Kier molecular flexibility index (Phi) is 4.59. The van der Waals surface area contributed by atoms with Crippen molar-refractivity contribution in [1.82, 2.24) is 10.2 Å².